The molecule has 1 aromatic carbocycles. The van der Waals surface area contributed by atoms with Crippen LogP contribution in [0.3, 0.4) is 0 Å². The van der Waals surface area contributed by atoms with Gasteiger partial charge in [-0.25, -0.2) is 0 Å². The summed E-state index contributed by atoms with van der Waals surface area (Å²) in [6.45, 7) is 0. The maximum atomic E-state index is 3.46. The fraction of sp³-hybridized carbons (Fsp3) is 0.400. The molecule has 1 saturated carbocycles. The van der Waals surface area contributed by atoms with Gasteiger partial charge in [-0.3, -0.25) is 0 Å². The molecule has 0 nitrogen and oxygen atoms in total. The summed E-state index contributed by atoms with van der Waals surface area (Å²) >= 11 is 5.48. The highest BCUT2D eigenvalue weighted by Gasteiger charge is 2.22. The number of rotatable bonds is 3. The van der Waals surface area contributed by atoms with Crippen molar-refractivity contribution in [2.45, 2.75) is 28.3 Å². The zero-order chi connectivity index (χ0) is 8.39. The second-order valence-electron chi connectivity index (χ2n) is 3.10. The Morgan fingerprint density at radius 1 is 1.42 bits per heavy atom. The van der Waals surface area contributed by atoms with E-state index >= 15 is 0 Å². The Hall–Kier alpha value is 0.0500. The molecule has 1 aromatic rings. The predicted molar refractivity (Wildman–Crippen MR) is 58.0 cm³/mol. The number of hydrogen-bond acceptors (Lipinski definition) is 1. The maximum absolute atomic E-state index is 3.46. The Kier molecular flexibility index (Phi) is 2.76. The second kappa shape index (κ2) is 3.84. The first kappa shape index (κ1) is 8.64. The van der Waals surface area contributed by atoms with E-state index in [9.17, 15) is 0 Å². The molecule has 0 heterocycles. The van der Waals surface area contributed by atoms with Crippen molar-refractivity contribution in [2.75, 3.05) is 0 Å². The van der Waals surface area contributed by atoms with Crippen molar-refractivity contribution in [2.24, 2.45) is 0 Å². The molecule has 0 saturated heterocycles. The highest BCUT2D eigenvalue weighted by atomic mass is 79.9. The molecule has 0 amide bonds. The minimum absolute atomic E-state index is 0.913. The van der Waals surface area contributed by atoms with Gasteiger partial charge in [0.1, 0.15) is 0 Å². The highest BCUT2D eigenvalue weighted by Crippen LogP contribution is 2.39. The standard InChI is InChI=1S/C10H11BrS/c11-7-8-2-1-3-10(6-8)12-9-4-5-9/h1-3,6,9H,4-5,7H2. The van der Waals surface area contributed by atoms with Crippen LogP contribution in [0.5, 0.6) is 0 Å². The van der Waals surface area contributed by atoms with E-state index in [1.165, 1.54) is 23.3 Å². The van der Waals surface area contributed by atoms with Crippen LogP contribution >= 0.6 is 27.7 Å². The van der Waals surface area contributed by atoms with Gasteiger partial charge in [0.05, 0.1) is 0 Å². The molecule has 0 atom stereocenters. The summed E-state index contributed by atoms with van der Waals surface area (Å²) < 4.78 is 0. The van der Waals surface area contributed by atoms with Gasteiger partial charge >= 0.3 is 0 Å². The van der Waals surface area contributed by atoms with Crippen molar-refractivity contribution in [1.29, 1.82) is 0 Å². The molecule has 1 aliphatic carbocycles. The van der Waals surface area contributed by atoms with E-state index in [2.05, 4.69) is 40.2 Å². The number of thioether (sulfide) groups is 1. The second-order valence-corrected chi connectivity index (χ2v) is 5.03. The van der Waals surface area contributed by atoms with Crippen LogP contribution in [0.1, 0.15) is 18.4 Å². The van der Waals surface area contributed by atoms with Gasteiger partial charge in [0.2, 0.25) is 0 Å². The lowest BCUT2D eigenvalue weighted by Gasteiger charge is -2.00. The molecule has 0 radical (unpaired) electrons. The quantitative estimate of drug-likeness (QED) is 0.727. The Bertz CT molecular complexity index is 268. The van der Waals surface area contributed by atoms with E-state index in [1.807, 2.05) is 11.8 Å². The Balaban J connectivity index is 2.08. The van der Waals surface area contributed by atoms with Gasteiger partial charge < -0.3 is 0 Å². The number of hydrogen-bond donors (Lipinski definition) is 0. The van der Waals surface area contributed by atoms with Gasteiger partial charge in [0.25, 0.3) is 0 Å². The van der Waals surface area contributed by atoms with Crippen LogP contribution in [0.25, 0.3) is 0 Å². The van der Waals surface area contributed by atoms with Crippen LogP contribution in [0, 0.1) is 0 Å². The molecule has 2 heteroatoms. The summed E-state index contributed by atoms with van der Waals surface area (Å²) in [5, 5.41) is 1.88. The summed E-state index contributed by atoms with van der Waals surface area (Å²) in [7, 11) is 0. The molecule has 0 aliphatic heterocycles. The van der Waals surface area contributed by atoms with Crippen LogP contribution in [-0.4, -0.2) is 5.25 Å². The largest absolute Gasteiger partial charge is 0.123 e. The first-order valence-electron chi connectivity index (χ1n) is 4.20. The van der Waals surface area contributed by atoms with Crippen LogP contribution in [-0.2, 0) is 5.33 Å². The molecular formula is C10H11BrS. The van der Waals surface area contributed by atoms with Crippen molar-refractivity contribution >= 4 is 27.7 Å². The summed E-state index contributed by atoms with van der Waals surface area (Å²) in [5.41, 5.74) is 1.38. The topological polar surface area (TPSA) is 0 Å². The molecule has 1 fully saturated rings. The van der Waals surface area contributed by atoms with Crippen LogP contribution in [0.2, 0.25) is 0 Å². The van der Waals surface area contributed by atoms with E-state index in [0.717, 1.165) is 10.6 Å². The molecule has 2 rings (SSSR count). The summed E-state index contributed by atoms with van der Waals surface area (Å²) in [5.74, 6) is 0. The third-order valence-corrected chi connectivity index (χ3v) is 3.86. The SMILES string of the molecule is BrCc1cccc(SC2CC2)c1. The normalized spacial score (nSPS) is 16.4. The lowest BCUT2D eigenvalue weighted by molar-refractivity contribution is 1.33. The minimum atomic E-state index is 0.913. The third-order valence-electron chi connectivity index (χ3n) is 1.88. The molecule has 0 bridgehead atoms. The van der Waals surface area contributed by atoms with E-state index < -0.39 is 0 Å². The van der Waals surface area contributed by atoms with Gasteiger partial charge in [0, 0.05) is 15.5 Å². The summed E-state index contributed by atoms with van der Waals surface area (Å²) in [4.78, 5) is 1.43. The molecule has 12 heavy (non-hydrogen) atoms. The average Bonchev–Trinajstić information content (AvgIpc) is 2.89. The van der Waals surface area contributed by atoms with Gasteiger partial charge in [-0.1, -0.05) is 28.1 Å². The lowest BCUT2D eigenvalue weighted by atomic mass is 10.2. The summed E-state index contributed by atoms with van der Waals surface area (Å²) in [6, 6.07) is 8.78. The molecule has 0 spiro atoms. The lowest BCUT2D eigenvalue weighted by Crippen LogP contribution is -1.79. The first-order valence-corrected chi connectivity index (χ1v) is 6.20. The third kappa shape index (κ3) is 2.27. The number of benzene rings is 1. The maximum Gasteiger partial charge on any atom is 0.0283 e. The van der Waals surface area contributed by atoms with E-state index in [-0.39, 0.29) is 0 Å². The van der Waals surface area contributed by atoms with Crippen LogP contribution < -0.4 is 0 Å². The van der Waals surface area contributed by atoms with E-state index in [4.69, 9.17) is 0 Å². The molecule has 0 aromatic heterocycles. The zero-order valence-corrected chi connectivity index (χ0v) is 9.20. The highest BCUT2D eigenvalue weighted by molar-refractivity contribution is 9.08. The Morgan fingerprint density at radius 2 is 2.25 bits per heavy atom. The van der Waals surface area contributed by atoms with Crippen molar-refractivity contribution in [3.63, 3.8) is 0 Å². The smallest absolute Gasteiger partial charge is 0.0283 e. The van der Waals surface area contributed by atoms with Gasteiger partial charge in [0.15, 0.2) is 0 Å². The Morgan fingerprint density at radius 3 is 2.92 bits per heavy atom. The van der Waals surface area contributed by atoms with Crippen LogP contribution in [0.4, 0.5) is 0 Å². The van der Waals surface area contributed by atoms with Crippen molar-refractivity contribution < 1.29 is 0 Å². The van der Waals surface area contributed by atoms with Crippen molar-refractivity contribution in [3.05, 3.63) is 29.8 Å². The van der Waals surface area contributed by atoms with Crippen molar-refractivity contribution in [1.82, 2.24) is 0 Å². The minimum Gasteiger partial charge on any atom is -0.123 e. The summed E-state index contributed by atoms with van der Waals surface area (Å²) in [6.07, 6.45) is 2.81. The fourth-order valence-corrected chi connectivity index (χ4v) is 2.56. The van der Waals surface area contributed by atoms with E-state index in [1.54, 1.807) is 0 Å². The number of halogens is 1. The van der Waals surface area contributed by atoms with E-state index in [0.29, 0.717) is 0 Å². The monoisotopic (exact) mass is 242 g/mol. The average molecular weight is 243 g/mol. The molecule has 0 N–H and O–H groups in total. The van der Waals surface area contributed by atoms with Crippen LogP contribution in [0.15, 0.2) is 29.2 Å². The molecule has 1 aliphatic rings. The fourth-order valence-electron chi connectivity index (χ4n) is 1.08. The van der Waals surface area contributed by atoms with Gasteiger partial charge in [-0.05, 0) is 30.5 Å². The molecular weight excluding hydrogens is 232 g/mol. The Labute approximate surface area is 85.9 Å². The molecule has 64 valence electrons. The predicted octanol–water partition coefficient (Wildman–Crippen LogP) is 3.84. The van der Waals surface area contributed by atoms with Crippen molar-refractivity contribution in [3.8, 4) is 0 Å². The first-order chi connectivity index (χ1) is 5.88. The van der Waals surface area contributed by atoms with Gasteiger partial charge in [-0.2, -0.15) is 0 Å². The zero-order valence-electron chi connectivity index (χ0n) is 6.79. The van der Waals surface area contributed by atoms with Gasteiger partial charge in [-0.15, -0.1) is 11.8 Å². The molecule has 0 unspecified atom stereocenters. The number of alkyl halides is 1.